The highest BCUT2D eigenvalue weighted by Crippen LogP contribution is 2.37. The van der Waals surface area contributed by atoms with Crippen LogP contribution in [0.15, 0.2) is 18.2 Å². The molecule has 28 heavy (non-hydrogen) atoms. The van der Waals surface area contributed by atoms with E-state index in [4.69, 9.17) is 25.8 Å². The van der Waals surface area contributed by atoms with Crippen molar-refractivity contribution in [1.29, 1.82) is 0 Å². The first-order valence-corrected chi connectivity index (χ1v) is 9.36. The summed E-state index contributed by atoms with van der Waals surface area (Å²) in [5.41, 5.74) is 0.611. The molecule has 1 aromatic carbocycles. The maximum atomic E-state index is 11.9. The number of amides is 3. The number of nitrogens with zero attached hydrogens (tertiary/aromatic N) is 1. The van der Waals surface area contributed by atoms with Crippen molar-refractivity contribution in [3.8, 4) is 11.5 Å². The molecule has 1 heterocycles. The molecule has 0 bridgehead atoms. The van der Waals surface area contributed by atoms with Crippen LogP contribution < -0.4 is 14.8 Å². The van der Waals surface area contributed by atoms with Gasteiger partial charge in [-0.2, -0.15) is 0 Å². The fourth-order valence-electron chi connectivity index (χ4n) is 2.42. The van der Waals surface area contributed by atoms with Gasteiger partial charge < -0.3 is 19.5 Å². The topological polar surface area (TPSA) is 94.2 Å². The van der Waals surface area contributed by atoms with Gasteiger partial charge in [0.25, 0.3) is 5.91 Å². The lowest BCUT2D eigenvalue weighted by Gasteiger charge is -2.14. The lowest BCUT2D eigenvalue weighted by molar-refractivity contribution is -0.146. The Morgan fingerprint density at radius 1 is 1.29 bits per heavy atom. The van der Waals surface area contributed by atoms with E-state index in [0.29, 0.717) is 41.8 Å². The molecule has 0 radical (unpaired) electrons. The van der Waals surface area contributed by atoms with Gasteiger partial charge >= 0.3 is 12.0 Å². The molecule has 1 aliphatic heterocycles. The van der Waals surface area contributed by atoms with Gasteiger partial charge in [0.05, 0.1) is 18.2 Å². The first-order valence-electron chi connectivity index (χ1n) is 8.98. The van der Waals surface area contributed by atoms with Gasteiger partial charge in [-0.3, -0.25) is 9.69 Å². The van der Waals surface area contributed by atoms with Gasteiger partial charge in [-0.1, -0.05) is 18.5 Å². The Morgan fingerprint density at radius 2 is 2.07 bits per heavy atom. The summed E-state index contributed by atoms with van der Waals surface area (Å²) in [5, 5.41) is 2.86. The summed E-state index contributed by atoms with van der Waals surface area (Å²) in [6.07, 6.45) is 3.49. The number of nitrogens with one attached hydrogen (secondary N) is 1. The molecule has 1 saturated heterocycles. The van der Waals surface area contributed by atoms with Gasteiger partial charge in [0.15, 0.2) is 18.1 Å². The standard InChI is InChI=1S/C19H23ClN2O6/c1-3-9-27-18-14(20)10-13(11-15(18)26-4-2)5-6-17(24)28-12-16(23)22-8-7-21-19(22)25/h5-6,10-11H,3-4,7-9,12H2,1-2H3,(H,21,25)/b6-5+. The van der Waals surface area contributed by atoms with Crippen LogP contribution >= 0.6 is 11.6 Å². The minimum absolute atomic E-state index is 0.260. The van der Waals surface area contributed by atoms with Crippen LogP contribution in [0.3, 0.4) is 0 Å². The molecule has 0 aromatic heterocycles. The van der Waals surface area contributed by atoms with Gasteiger partial charge in [0.2, 0.25) is 0 Å². The average Bonchev–Trinajstić information content (AvgIpc) is 3.10. The summed E-state index contributed by atoms with van der Waals surface area (Å²) in [6.45, 7) is 4.90. The second-order valence-corrected chi connectivity index (χ2v) is 6.24. The second-order valence-electron chi connectivity index (χ2n) is 5.83. The molecule has 1 aliphatic rings. The maximum Gasteiger partial charge on any atom is 0.331 e. The smallest absolute Gasteiger partial charge is 0.331 e. The van der Waals surface area contributed by atoms with Gasteiger partial charge in [-0.25, -0.2) is 9.59 Å². The molecular formula is C19H23ClN2O6. The van der Waals surface area contributed by atoms with E-state index in [-0.39, 0.29) is 6.54 Å². The van der Waals surface area contributed by atoms with Crippen LogP contribution in [0.4, 0.5) is 4.79 Å². The summed E-state index contributed by atoms with van der Waals surface area (Å²) in [5.74, 6) is -0.351. The molecule has 9 heteroatoms. The molecule has 0 atom stereocenters. The summed E-state index contributed by atoms with van der Waals surface area (Å²) >= 11 is 6.27. The number of benzene rings is 1. The lowest BCUT2D eigenvalue weighted by Crippen LogP contribution is -2.37. The Bertz CT molecular complexity index is 765. The summed E-state index contributed by atoms with van der Waals surface area (Å²) in [6, 6.07) is 2.85. The molecule has 8 nitrogen and oxygen atoms in total. The largest absolute Gasteiger partial charge is 0.490 e. The van der Waals surface area contributed by atoms with Gasteiger partial charge in [-0.05, 0) is 37.1 Å². The Balaban J connectivity index is 1.99. The van der Waals surface area contributed by atoms with Crippen molar-refractivity contribution in [2.24, 2.45) is 0 Å². The molecule has 2 rings (SSSR count). The zero-order valence-corrected chi connectivity index (χ0v) is 16.6. The van der Waals surface area contributed by atoms with Crippen LogP contribution in [0.25, 0.3) is 6.08 Å². The highest BCUT2D eigenvalue weighted by molar-refractivity contribution is 6.32. The maximum absolute atomic E-state index is 11.9. The molecule has 0 spiro atoms. The zero-order chi connectivity index (χ0) is 20.5. The minimum Gasteiger partial charge on any atom is -0.490 e. The number of hydrogen-bond acceptors (Lipinski definition) is 6. The van der Waals surface area contributed by atoms with Crippen molar-refractivity contribution >= 4 is 35.6 Å². The van der Waals surface area contributed by atoms with Crippen molar-refractivity contribution in [3.63, 3.8) is 0 Å². The molecule has 1 aromatic rings. The van der Waals surface area contributed by atoms with E-state index in [2.05, 4.69) is 5.32 Å². The molecule has 1 fully saturated rings. The van der Waals surface area contributed by atoms with E-state index < -0.39 is 24.5 Å². The highest BCUT2D eigenvalue weighted by Gasteiger charge is 2.26. The molecule has 0 saturated carbocycles. The Kier molecular flexibility index (Phi) is 8.13. The average molecular weight is 411 g/mol. The number of rotatable bonds is 9. The predicted octanol–water partition coefficient (Wildman–Crippen LogP) is 2.64. The first-order chi connectivity index (χ1) is 13.5. The third kappa shape index (κ3) is 5.88. The van der Waals surface area contributed by atoms with Crippen LogP contribution in [0.2, 0.25) is 5.02 Å². The molecule has 3 amide bonds. The molecule has 152 valence electrons. The number of hydrogen-bond donors (Lipinski definition) is 1. The van der Waals surface area contributed by atoms with Crippen LogP contribution in [-0.4, -0.2) is 55.7 Å². The third-order valence-corrected chi connectivity index (χ3v) is 3.97. The van der Waals surface area contributed by atoms with E-state index in [9.17, 15) is 14.4 Å². The Hall–Kier alpha value is -2.74. The molecule has 1 N–H and O–H groups in total. The number of carbonyl (C=O) groups excluding carboxylic acids is 3. The summed E-state index contributed by atoms with van der Waals surface area (Å²) < 4.78 is 16.1. The Labute approximate surface area is 168 Å². The van der Waals surface area contributed by atoms with Crippen molar-refractivity contribution in [1.82, 2.24) is 10.2 Å². The quantitative estimate of drug-likeness (QED) is 0.496. The van der Waals surface area contributed by atoms with Crippen molar-refractivity contribution < 1.29 is 28.6 Å². The van der Waals surface area contributed by atoms with Gasteiger partial charge in [0, 0.05) is 19.2 Å². The monoisotopic (exact) mass is 410 g/mol. The predicted molar refractivity (Wildman–Crippen MR) is 104 cm³/mol. The number of urea groups is 1. The number of halogens is 1. The van der Waals surface area contributed by atoms with E-state index in [0.717, 1.165) is 11.3 Å². The number of imide groups is 1. The van der Waals surface area contributed by atoms with Crippen LogP contribution in [0.1, 0.15) is 25.8 Å². The zero-order valence-electron chi connectivity index (χ0n) is 15.8. The molecular weight excluding hydrogens is 388 g/mol. The first kappa shape index (κ1) is 21.6. The minimum atomic E-state index is -0.714. The summed E-state index contributed by atoms with van der Waals surface area (Å²) in [7, 11) is 0. The van der Waals surface area contributed by atoms with Crippen molar-refractivity contribution in [3.05, 3.63) is 28.8 Å². The molecule has 0 aliphatic carbocycles. The summed E-state index contributed by atoms with van der Waals surface area (Å²) in [4.78, 5) is 36.1. The van der Waals surface area contributed by atoms with E-state index >= 15 is 0 Å². The van der Waals surface area contributed by atoms with E-state index in [1.165, 1.54) is 12.2 Å². The Morgan fingerprint density at radius 3 is 2.71 bits per heavy atom. The SMILES string of the molecule is CCCOc1c(Cl)cc(/C=C/C(=O)OCC(=O)N2CCNC2=O)cc1OCC. The van der Waals surface area contributed by atoms with Gasteiger partial charge in [-0.15, -0.1) is 0 Å². The fraction of sp³-hybridized carbons (Fsp3) is 0.421. The normalized spacial score (nSPS) is 13.5. The number of esters is 1. The third-order valence-electron chi connectivity index (χ3n) is 3.69. The second kappa shape index (κ2) is 10.6. The van der Waals surface area contributed by atoms with Crippen LogP contribution in [0.5, 0.6) is 11.5 Å². The van der Waals surface area contributed by atoms with Gasteiger partial charge in [0.1, 0.15) is 0 Å². The fourth-order valence-corrected chi connectivity index (χ4v) is 2.70. The van der Waals surface area contributed by atoms with Crippen molar-refractivity contribution in [2.75, 3.05) is 32.9 Å². The molecule has 0 unspecified atom stereocenters. The number of ether oxygens (including phenoxy) is 3. The van der Waals surface area contributed by atoms with E-state index in [1.54, 1.807) is 12.1 Å². The van der Waals surface area contributed by atoms with Crippen LogP contribution in [-0.2, 0) is 14.3 Å². The number of carbonyl (C=O) groups is 3. The highest BCUT2D eigenvalue weighted by atomic mass is 35.5. The van der Waals surface area contributed by atoms with Crippen LogP contribution in [0, 0.1) is 0 Å². The lowest BCUT2D eigenvalue weighted by atomic mass is 10.2. The van der Waals surface area contributed by atoms with E-state index in [1.807, 2.05) is 13.8 Å². The van der Waals surface area contributed by atoms with Crippen molar-refractivity contribution in [2.45, 2.75) is 20.3 Å².